The van der Waals surface area contributed by atoms with Crippen molar-refractivity contribution in [1.29, 1.82) is 0 Å². The van der Waals surface area contributed by atoms with Gasteiger partial charge in [0.25, 0.3) is 5.91 Å². The summed E-state index contributed by atoms with van der Waals surface area (Å²) in [5.41, 5.74) is 1.10. The number of carbonyl (C=O) groups is 1. The molecule has 0 spiro atoms. The fourth-order valence-electron chi connectivity index (χ4n) is 3.03. The molecule has 0 radical (unpaired) electrons. The average Bonchev–Trinajstić information content (AvgIpc) is 2.62. The van der Waals surface area contributed by atoms with Crippen LogP contribution in [0, 0.1) is 18.7 Å². The molecule has 1 aliphatic rings. The number of halogens is 2. The van der Waals surface area contributed by atoms with Crippen molar-refractivity contribution in [3.63, 3.8) is 0 Å². The summed E-state index contributed by atoms with van der Waals surface area (Å²) in [6, 6.07) is 5.45. The number of carbonyl (C=O) groups excluding carboxylic acids is 1. The fraction of sp³-hybridized carbons (Fsp3) is 0.421. The number of amides is 1. The Balaban J connectivity index is 1.62. The molecule has 1 aromatic carbocycles. The van der Waals surface area contributed by atoms with E-state index in [-0.39, 0.29) is 11.6 Å². The summed E-state index contributed by atoms with van der Waals surface area (Å²) in [4.78, 5) is 23.2. The molecule has 2 heterocycles. The molecule has 1 atom stereocenters. The Morgan fingerprint density at radius 1 is 1.41 bits per heavy atom. The Morgan fingerprint density at radius 3 is 2.96 bits per heavy atom. The van der Waals surface area contributed by atoms with E-state index in [1.54, 1.807) is 6.07 Å². The molecule has 3 rings (SSSR count). The molecule has 6 nitrogen and oxygen atoms in total. The average molecular weight is 393 g/mol. The summed E-state index contributed by atoms with van der Waals surface area (Å²) >= 11 is 5.91. The van der Waals surface area contributed by atoms with Crippen LogP contribution < -0.4 is 15.0 Å². The number of hydrogen-bond acceptors (Lipinski definition) is 5. The molecule has 0 aliphatic carbocycles. The van der Waals surface area contributed by atoms with Gasteiger partial charge in [0, 0.05) is 24.8 Å². The van der Waals surface area contributed by atoms with Crippen molar-refractivity contribution in [2.75, 3.05) is 29.9 Å². The monoisotopic (exact) mass is 392 g/mol. The second-order valence-electron chi connectivity index (χ2n) is 6.80. The topological polar surface area (TPSA) is 67.3 Å². The predicted octanol–water partition coefficient (Wildman–Crippen LogP) is 3.83. The van der Waals surface area contributed by atoms with Gasteiger partial charge in [0.05, 0.1) is 10.7 Å². The van der Waals surface area contributed by atoms with Crippen molar-refractivity contribution in [1.82, 2.24) is 9.97 Å². The van der Waals surface area contributed by atoms with E-state index in [4.69, 9.17) is 16.3 Å². The minimum absolute atomic E-state index is 0.128. The van der Waals surface area contributed by atoms with Crippen LogP contribution in [0.25, 0.3) is 0 Å². The van der Waals surface area contributed by atoms with Crippen LogP contribution in [0.5, 0.6) is 5.88 Å². The second kappa shape index (κ2) is 8.52. The lowest BCUT2D eigenvalue weighted by Gasteiger charge is -2.31. The van der Waals surface area contributed by atoms with Gasteiger partial charge in [-0.3, -0.25) is 4.79 Å². The van der Waals surface area contributed by atoms with Crippen LogP contribution in [0.2, 0.25) is 5.02 Å². The number of piperidine rings is 1. The van der Waals surface area contributed by atoms with Gasteiger partial charge in [0.15, 0.2) is 6.61 Å². The Hall–Kier alpha value is -2.41. The first-order valence-electron chi connectivity index (χ1n) is 8.89. The lowest BCUT2D eigenvalue weighted by molar-refractivity contribution is -0.118. The number of benzene rings is 1. The van der Waals surface area contributed by atoms with E-state index in [1.165, 1.54) is 18.6 Å². The summed E-state index contributed by atoms with van der Waals surface area (Å²) in [5.74, 6) is 0.686. The zero-order valence-electron chi connectivity index (χ0n) is 15.3. The number of rotatable bonds is 5. The van der Waals surface area contributed by atoms with E-state index in [1.807, 2.05) is 6.92 Å². The minimum atomic E-state index is -0.467. The number of nitrogens with one attached hydrogen (secondary N) is 1. The largest absolute Gasteiger partial charge is 0.467 e. The number of ether oxygens (including phenoxy) is 1. The third-order valence-electron chi connectivity index (χ3n) is 4.32. The van der Waals surface area contributed by atoms with E-state index >= 15 is 0 Å². The third-order valence-corrected chi connectivity index (χ3v) is 4.63. The zero-order valence-corrected chi connectivity index (χ0v) is 16.1. The van der Waals surface area contributed by atoms with E-state index in [2.05, 4.69) is 27.1 Å². The van der Waals surface area contributed by atoms with Gasteiger partial charge in [-0.2, -0.15) is 4.98 Å². The first-order chi connectivity index (χ1) is 12.9. The van der Waals surface area contributed by atoms with E-state index in [0.717, 1.165) is 31.3 Å². The van der Waals surface area contributed by atoms with E-state index in [0.29, 0.717) is 23.4 Å². The molecule has 2 aromatic rings. The molecule has 0 bridgehead atoms. The van der Waals surface area contributed by atoms with Gasteiger partial charge in [-0.05, 0) is 43.9 Å². The highest BCUT2D eigenvalue weighted by atomic mass is 35.5. The first-order valence-corrected chi connectivity index (χ1v) is 9.27. The van der Waals surface area contributed by atoms with Crippen LogP contribution >= 0.6 is 11.6 Å². The number of nitrogens with zero attached hydrogens (tertiary/aromatic N) is 3. The second-order valence-corrected chi connectivity index (χ2v) is 7.21. The van der Waals surface area contributed by atoms with Crippen LogP contribution in [-0.2, 0) is 4.79 Å². The molecular weight excluding hydrogens is 371 g/mol. The lowest BCUT2D eigenvalue weighted by atomic mass is 10.0. The molecule has 144 valence electrons. The smallest absolute Gasteiger partial charge is 0.262 e. The number of hydrogen-bond donors (Lipinski definition) is 1. The maximum Gasteiger partial charge on any atom is 0.262 e. The molecule has 1 N–H and O–H groups in total. The van der Waals surface area contributed by atoms with Crippen LogP contribution in [0.3, 0.4) is 0 Å². The molecule has 27 heavy (non-hydrogen) atoms. The molecule has 1 amide bonds. The third kappa shape index (κ3) is 5.29. The van der Waals surface area contributed by atoms with Crippen molar-refractivity contribution in [2.45, 2.75) is 26.7 Å². The van der Waals surface area contributed by atoms with Crippen molar-refractivity contribution in [2.24, 2.45) is 5.92 Å². The molecule has 0 unspecified atom stereocenters. The van der Waals surface area contributed by atoms with Crippen LogP contribution in [-0.4, -0.2) is 35.6 Å². The van der Waals surface area contributed by atoms with Crippen molar-refractivity contribution in [3.05, 3.63) is 40.8 Å². The van der Waals surface area contributed by atoms with Gasteiger partial charge < -0.3 is 15.0 Å². The highest BCUT2D eigenvalue weighted by Gasteiger charge is 2.19. The summed E-state index contributed by atoms with van der Waals surface area (Å²) in [5, 5.41) is 2.72. The highest BCUT2D eigenvalue weighted by molar-refractivity contribution is 6.33. The molecule has 1 aromatic heterocycles. The summed E-state index contributed by atoms with van der Waals surface area (Å²) in [7, 11) is 0. The Morgan fingerprint density at radius 2 is 2.22 bits per heavy atom. The van der Waals surface area contributed by atoms with Gasteiger partial charge in [0.2, 0.25) is 11.8 Å². The Kier molecular flexibility index (Phi) is 6.11. The normalized spacial score (nSPS) is 16.9. The SMILES string of the molecule is Cc1cc(OCC(=O)Nc2ccc(F)cc2Cl)nc(N2CCC[C@@H](C)C2)n1. The number of aryl methyl sites for hydroxylation is 1. The summed E-state index contributed by atoms with van der Waals surface area (Å²) in [6.07, 6.45) is 2.31. The predicted molar refractivity (Wildman–Crippen MR) is 103 cm³/mol. The first kappa shape index (κ1) is 19.4. The molecular formula is C19H22ClFN4O2. The lowest BCUT2D eigenvalue weighted by Crippen LogP contribution is -2.35. The Labute approximate surface area is 162 Å². The van der Waals surface area contributed by atoms with Crippen LogP contribution in [0.15, 0.2) is 24.3 Å². The Bertz CT molecular complexity index is 833. The standard InChI is InChI=1S/C19H22ClFN4O2/c1-12-4-3-7-25(10-12)19-22-13(2)8-18(24-19)27-11-17(26)23-16-6-5-14(21)9-15(16)20/h5-6,8-9,12H,3-4,7,10-11H2,1-2H3,(H,23,26)/t12-/m1/s1. The number of anilines is 2. The number of aromatic nitrogens is 2. The van der Waals surface area contributed by atoms with Crippen molar-refractivity contribution < 1.29 is 13.9 Å². The zero-order chi connectivity index (χ0) is 19.4. The van der Waals surface area contributed by atoms with E-state index < -0.39 is 11.7 Å². The summed E-state index contributed by atoms with van der Waals surface area (Å²) < 4.78 is 18.6. The maximum absolute atomic E-state index is 13.1. The van der Waals surface area contributed by atoms with Gasteiger partial charge in [-0.15, -0.1) is 0 Å². The van der Waals surface area contributed by atoms with Gasteiger partial charge in [-0.25, -0.2) is 9.37 Å². The van der Waals surface area contributed by atoms with Crippen molar-refractivity contribution >= 4 is 29.1 Å². The van der Waals surface area contributed by atoms with E-state index in [9.17, 15) is 9.18 Å². The molecule has 1 aliphatic heterocycles. The molecule has 8 heteroatoms. The van der Waals surface area contributed by atoms with Gasteiger partial charge in [0.1, 0.15) is 5.82 Å². The minimum Gasteiger partial charge on any atom is -0.467 e. The van der Waals surface area contributed by atoms with Crippen LogP contribution in [0.4, 0.5) is 16.0 Å². The van der Waals surface area contributed by atoms with Gasteiger partial charge >= 0.3 is 0 Å². The van der Waals surface area contributed by atoms with Gasteiger partial charge in [-0.1, -0.05) is 18.5 Å². The quantitative estimate of drug-likeness (QED) is 0.837. The summed E-state index contributed by atoms with van der Waals surface area (Å²) in [6.45, 7) is 5.66. The molecule has 1 saturated heterocycles. The molecule has 1 fully saturated rings. The highest BCUT2D eigenvalue weighted by Crippen LogP contribution is 2.23. The fourth-order valence-corrected chi connectivity index (χ4v) is 3.24. The van der Waals surface area contributed by atoms with Crippen molar-refractivity contribution in [3.8, 4) is 5.88 Å². The maximum atomic E-state index is 13.1. The van der Waals surface area contributed by atoms with Crippen LogP contribution in [0.1, 0.15) is 25.5 Å². The molecule has 0 saturated carbocycles.